The Labute approximate surface area is 106 Å². The number of pyridine rings is 1. The molecular formula is C14H16N2S. The highest BCUT2D eigenvalue weighted by Crippen LogP contribution is 2.36. The maximum absolute atomic E-state index is 4.74. The van der Waals surface area contributed by atoms with Crippen LogP contribution in [0.15, 0.2) is 36.4 Å². The predicted octanol–water partition coefficient (Wildman–Crippen LogP) is 3.35. The lowest BCUT2D eigenvalue weighted by molar-refractivity contribution is 0.449. The third-order valence-corrected chi connectivity index (χ3v) is 4.60. The van der Waals surface area contributed by atoms with Crippen molar-refractivity contribution in [1.29, 1.82) is 0 Å². The van der Waals surface area contributed by atoms with Crippen LogP contribution in [0.3, 0.4) is 0 Å². The van der Waals surface area contributed by atoms with Gasteiger partial charge in [-0.2, -0.15) is 0 Å². The summed E-state index contributed by atoms with van der Waals surface area (Å²) in [7, 11) is 0. The highest BCUT2D eigenvalue weighted by atomic mass is 32.2. The van der Waals surface area contributed by atoms with E-state index < -0.39 is 0 Å². The molecular weight excluding hydrogens is 228 g/mol. The Hall–Kier alpha value is -1.06. The van der Waals surface area contributed by atoms with E-state index in [4.69, 9.17) is 4.98 Å². The van der Waals surface area contributed by atoms with Crippen molar-refractivity contribution in [3.8, 4) is 0 Å². The predicted molar refractivity (Wildman–Crippen MR) is 74.2 cm³/mol. The van der Waals surface area contributed by atoms with E-state index in [2.05, 4.69) is 49.5 Å². The topological polar surface area (TPSA) is 24.9 Å². The number of hydrogen-bond acceptors (Lipinski definition) is 3. The van der Waals surface area contributed by atoms with Crippen molar-refractivity contribution >= 4 is 22.7 Å². The van der Waals surface area contributed by atoms with E-state index in [0.717, 1.165) is 17.0 Å². The van der Waals surface area contributed by atoms with E-state index in [1.54, 1.807) is 0 Å². The van der Waals surface area contributed by atoms with Gasteiger partial charge in [-0.25, -0.2) is 0 Å². The van der Waals surface area contributed by atoms with Gasteiger partial charge in [-0.15, -0.1) is 11.8 Å². The molecule has 2 nitrogen and oxygen atoms in total. The highest BCUT2D eigenvalue weighted by Gasteiger charge is 2.32. The molecule has 2 aromatic rings. The molecule has 1 saturated heterocycles. The van der Waals surface area contributed by atoms with Gasteiger partial charge in [0.2, 0.25) is 0 Å². The van der Waals surface area contributed by atoms with Crippen molar-refractivity contribution in [2.75, 3.05) is 5.75 Å². The van der Waals surface area contributed by atoms with Crippen LogP contribution < -0.4 is 5.32 Å². The van der Waals surface area contributed by atoms with Crippen molar-refractivity contribution in [3.63, 3.8) is 0 Å². The molecule has 1 unspecified atom stereocenters. The van der Waals surface area contributed by atoms with E-state index in [1.165, 1.54) is 5.39 Å². The van der Waals surface area contributed by atoms with Crippen molar-refractivity contribution in [2.24, 2.45) is 0 Å². The summed E-state index contributed by atoms with van der Waals surface area (Å²) in [6.45, 7) is 4.47. The Balaban J connectivity index is 1.96. The first-order valence-electron chi connectivity index (χ1n) is 5.89. The Morgan fingerprint density at radius 2 is 2.06 bits per heavy atom. The molecule has 3 rings (SSSR count). The minimum atomic E-state index is 0.211. The molecule has 1 N–H and O–H groups in total. The van der Waals surface area contributed by atoms with Gasteiger partial charge in [0.15, 0.2) is 0 Å². The number of thioether (sulfide) groups is 1. The molecule has 0 spiro atoms. The number of nitrogens with zero attached hydrogens (tertiary/aromatic N) is 1. The van der Waals surface area contributed by atoms with Crippen LogP contribution in [0.4, 0.5) is 0 Å². The molecule has 0 saturated carbocycles. The summed E-state index contributed by atoms with van der Waals surface area (Å²) < 4.78 is 0. The molecule has 2 heterocycles. The lowest BCUT2D eigenvalue weighted by atomic mass is 10.1. The molecule has 0 aliphatic carbocycles. The lowest BCUT2D eigenvalue weighted by Crippen LogP contribution is -2.36. The third-order valence-electron chi connectivity index (χ3n) is 3.02. The van der Waals surface area contributed by atoms with Crippen molar-refractivity contribution in [1.82, 2.24) is 10.3 Å². The fraction of sp³-hybridized carbons (Fsp3) is 0.357. The standard InChI is InChI=1S/C14H16N2S/c1-14(2)9-17-13(16-14)12-8-7-10-5-3-4-6-11(10)15-12/h3-8,13,16H,9H2,1-2H3. The van der Waals surface area contributed by atoms with E-state index in [9.17, 15) is 0 Å². The molecule has 1 aliphatic heterocycles. The molecule has 0 amide bonds. The van der Waals surface area contributed by atoms with Crippen LogP contribution in [0.1, 0.15) is 24.9 Å². The lowest BCUT2D eigenvalue weighted by Gasteiger charge is -2.18. The Morgan fingerprint density at radius 1 is 1.24 bits per heavy atom. The molecule has 1 aromatic carbocycles. The van der Waals surface area contributed by atoms with Crippen LogP contribution in [0.2, 0.25) is 0 Å². The molecule has 17 heavy (non-hydrogen) atoms. The van der Waals surface area contributed by atoms with E-state index in [0.29, 0.717) is 5.37 Å². The minimum Gasteiger partial charge on any atom is -0.294 e. The monoisotopic (exact) mass is 244 g/mol. The zero-order valence-electron chi connectivity index (χ0n) is 10.1. The Morgan fingerprint density at radius 3 is 2.82 bits per heavy atom. The van der Waals surface area contributed by atoms with Gasteiger partial charge < -0.3 is 0 Å². The fourth-order valence-corrected chi connectivity index (χ4v) is 3.49. The summed E-state index contributed by atoms with van der Waals surface area (Å²) in [5.41, 5.74) is 2.43. The first kappa shape index (κ1) is 11.1. The van der Waals surface area contributed by atoms with Gasteiger partial charge >= 0.3 is 0 Å². The zero-order valence-corrected chi connectivity index (χ0v) is 10.9. The molecule has 1 atom stereocenters. The smallest absolute Gasteiger partial charge is 0.0967 e. The summed E-state index contributed by atoms with van der Waals surface area (Å²) in [5, 5.41) is 5.15. The molecule has 0 radical (unpaired) electrons. The van der Waals surface area contributed by atoms with Gasteiger partial charge in [0, 0.05) is 16.7 Å². The Bertz CT molecular complexity index is 551. The van der Waals surface area contributed by atoms with Crippen molar-refractivity contribution in [3.05, 3.63) is 42.1 Å². The second-order valence-corrected chi connectivity index (χ2v) is 6.24. The summed E-state index contributed by atoms with van der Waals surface area (Å²) in [4.78, 5) is 4.74. The largest absolute Gasteiger partial charge is 0.294 e. The zero-order chi connectivity index (χ0) is 11.9. The van der Waals surface area contributed by atoms with Crippen LogP contribution >= 0.6 is 11.8 Å². The maximum atomic E-state index is 4.74. The number of aromatic nitrogens is 1. The number of nitrogens with one attached hydrogen (secondary N) is 1. The minimum absolute atomic E-state index is 0.211. The molecule has 1 fully saturated rings. The highest BCUT2D eigenvalue weighted by molar-refractivity contribution is 7.99. The Kier molecular flexibility index (Phi) is 2.60. The van der Waals surface area contributed by atoms with Crippen LogP contribution in [0, 0.1) is 0 Å². The summed E-state index contributed by atoms with van der Waals surface area (Å²) in [5.74, 6) is 1.13. The average Bonchev–Trinajstić information content (AvgIpc) is 2.69. The molecule has 3 heteroatoms. The average molecular weight is 244 g/mol. The summed E-state index contributed by atoms with van der Waals surface area (Å²) >= 11 is 1.94. The van der Waals surface area contributed by atoms with Gasteiger partial charge in [-0.1, -0.05) is 24.3 Å². The second kappa shape index (κ2) is 4.00. The number of para-hydroxylation sites is 1. The SMILES string of the molecule is CC1(C)CSC(c2ccc3ccccc3n2)N1. The second-order valence-electron chi connectivity index (χ2n) is 5.15. The number of hydrogen-bond donors (Lipinski definition) is 1. The molecule has 1 aliphatic rings. The number of fused-ring (bicyclic) bond motifs is 1. The summed E-state index contributed by atoms with van der Waals surface area (Å²) in [6, 6.07) is 12.6. The first-order chi connectivity index (χ1) is 8.14. The van der Waals surface area contributed by atoms with E-state index in [-0.39, 0.29) is 5.54 Å². The quantitative estimate of drug-likeness (QED) is 0.832. The number of rotatable bonds is 1. The molecule has 1 aromatic heterocycles. The van der Waals surface area contributed by atoms with Crippen LogP contribution in [0.25, 0.3) is 10.9 Å². The third kappa shape index (κ3) is 2.17. The fourth-order valence-electron chi connectivity index (χ4n) is 2.12. The van der Waals surface area contributed by atoms with Crippen molar-refractivity contribution < 1.29 is 0 Å². The van der Waals surface area contributed by atoms with Gasteiger partial charge in [0.05, 0.1) is 16.6 Å². The van der Waals surface area contributed by atoms with Gasteiger partial charge in [0.1, 0.15) is 0 Å². The van der Waals surface area contributed by atoms with Crippen molar-refractivity contribution in [2.45, 2.75) is 24.8 Å². The van der Waals surface area contributed by atoms with Gasteiger partial charge in [0.25, 0.3) is 0 Å². The van der Waals surface area contributed by atoms with Gasteiger partial charge in [-0.05, 0) is 26.0 Å². The molecule has 0 bridgehead atoms. The first-order valence-corrected chi connectivity index (χ1v) is 6.94. The van der Waals surface area contributed by atoms with Crippen LogP contribution in [-0.4, -0.2) is 16.3 Å². The van der Waals surface area contributed by atoms with E-state index in [1.807, 2.05) is 17.8 Å². The normalized spacial score (nSPS) is 23.1. The van der Waals surface area contributed by atoms with Gasteiger partial charge in [-0.3, -0.25) is 10.3 Å². The summed E-state index contributed by atoms with van der Waals surface area (Å²) in [6.07, 6.45) is 0. The van der Waals surface area contributed by atoms with E-state index >= 15 is 0 Å². The van der Waals surface area contributed by atoms with Crippen LogP contribution in [-0.2, 0) is 0 Å². The van der Waals surface area contributed by atoms with Crippen LogP contribution in [0.5, 0.6) is 0 Å². The number of benzene rings is 1. The maximum Gasteiger partial charge on any atom is 0.0967 e. The molecule has 88 valence electrons.